The molecule has 224 valence electrons. The van der Waals surface area contributed by atoms with Crippen molar-refractivity contribution in [3.63, 3.8) is 0 Å². The average Bonchev–Trinajstić information content (AvgIpc) is 3.69. The van der Waals surface area contributed by atoms with E-state index in [4.69, 9.17) is 14.5 Å². The van der Waals surface area contributed by atoms with Crippen LogP contribution in [0.4, 0.5) is 14.9 Å². The van der Waals surface area contributed by atoms with E-state index in [9.17, 15) is 14.0 Å². The van der Waals surface area contributed by atoms with Crippen molar-refractivity contribution in [1.29, 1.82) is 0 Å². The average molecular weight is 604 g/mol. The lowest BCUT2D eigenvalue weighted by Gasteiger charge is -2.31. The van der Waals surface area contributed by atoms with Crippen molar-refractivity contribution in [2.45, 2.75) is 51.6 Å². The number of hydrogen-bond donors (Lipinski definition) is 2. The number of likely N-dealkylation sites (tertiary alicyclic amines) is 1. The number of carbonyl (C=O) groups is 2. The van der Waals surface area contributed by atoms with Crippen molar-refractivity contribution >= 4 is 39.2 Å². The Morgan fingerprint density at radius 1 is 1.05 bits per heavy atom. The van der Waals surface area contributed by atoms with Gasteiger partial charge in [0.1, 0.15) is 5.75 Å². The number of anilines is 1. The molecule has 1 aliphatic heterocycles. The first-order chi connectivity index (χ1) is 20.9. The van der Waals surface area contributed by atoms with Crippen LogP contribution in [0.3, 0.4) is 0 Å². The molecule has 1 saturated heterocycles. The predicted molar refractivity (Wildman–Crippen MR) is 164 cm³/mol. The zero-order valence-corrected chi connectivity index (χ0v) is 24.8. The summed E-state index contributed by atoms with van der Waals surface area (Å²) in [7, 11) is 0. The van der Waals surface area contributed by atoms with Crippen molar-refractivity contribution < 1.29 is 23.5 Å². The van der Waals surface area contributed by atoms with Crippen LogP contribution in [-0.2, 0) is 16.1 Å². The zero-order chi connectivity index (χ0) is 29.8. The van der Waals surface area contributed by atoms with Gasteiger partial charge < -0.3 is 20.1 Å². The first-order valence-corrected chi connectivity index (χ1v) is 15.5. The highest BCUT2D eigenvalue weighted by atomic mass is 32.1. The van der Waals surface area contributed by atoms with Crippen LogP contribution in [0.1, 0.15) is 44.6 Å². The van der Waals surface area contributed by atoms with E-state index in [1.54, 1.807) is 18.3 Å². The lowest BCUT2D eigenvalue weighted by atomic mass is 9.93. The van der Waals surface area contributed by atoms with Gasteiger partial charge in [-0.15, -0.1) is 11.3 Å². The van der Waals surface area contributed by atoms with Crippen molar-refractivity contribution in [2.24, 2.45) is 5.92 Å². The lowest BCUT2D eigenvalue weighted by molar-refractivity contribution is -0.144. The van der Waals surface area contributed by atoms with Crippen LogP contribution in [0.2, 0.25) is 0 Å². The summed E-state index contributed by atoms with van der Waals surface area (Å²) in [6.07, 6.45) is 7.98. The lowest BCUT2D eigenvalue weighted by Crippen LogP contribution is -2.34. The van der Waals surface area contributed by atoms with Crippen molar-refractivity contribution in [3.8, 4) is 22.1 Å². The van der Waals surface area contributed by atoms with E-state index in [1.807, 2.05) is 25.3 Å². The molecule has 2 aliphatic rings. The van der Waals surface area contributed by atoms with E-state index in [2.05, 4.69) is 26.6 Å². The van der Waals surface area contributed by atoms with E-state index in [1.165, 1.54) is 23.5 Å². The number of halogens is 1. The molecule has 2 fully saturated rings. The van der Waals surface area contributed by atoms with Crippen LogP contribution >= 0.6 is 11.3 Å². The molecule has 0 bridgehead atoms. The number of fused-ring (bicyclic) bond motifs is 1. The Balaban J connectivity index is 1.08. The summed E-state index contributed by atoms with van der Waals surface area (Å²) in [5.74, 6) is 0.272. The molecule has 2 N–H and O–H groups in total. The van der Waals surface area contributed by atoms with E-state index >= 15 is 0 Å². The summed E-state index contributed by atoms with van der Waals surface area (Å²) in [5.41, 5.74) is 3.06. The molecule has 1 saturated carbocycles. The SMILES string of the molecule is CCOC(=O)CC1CCN(Cc2ccc(-c3cc4nccc(Oc5ccc(NC(=O)NC6CC6)cc5F)c4s3)nc2)CC1. The third-order valence-electron chi connectivity index (χ3n) is 7.65. The van der Waals surface area contributed by atoms with Crippen LogP contribution in [0.25, 0.3) is 20.8 Å². The molecule has 43 heavy (non-hydrogen) atoms. The quantitative estimate of drug-likeness (QED) is 0.194. The number of piperidine rings is 1. The number of esters is 1. The van der Waals surface area contributed by atoms with E-state index in [-0.39, 0.29) is 23.8 Å². The first kappa shape index (κ1) is 29.0. The largest absolute Gasteiger partial charge is 0.466 e. The molecule has 1 aromatic carbocycles. The van der Waals surface area contributed by atoms with E-state index in [0.29, 0.717) is 30.4 Å². The predicted octanol–water partition coefficient (Wildman–Crippen LogP) is 6.74. The van der Waals surface area contributed by atoms with Crippen LogP contribution in [0.15, 0.2) is 54.9 Å². The Morgan fingerprint density at radius 2 is 1.88 bits per heavy atom. The molecule has 4 aromatic rings. The van der Waals surface area contributed by atoms with E-state index in [0.717, 1.165) is 71.7 Å². The molecule has 0 radical (unpaired) electrons. The Bertz CT molecular complexity index is 1600. The van der Waals surface area contributed by atoms with Gasteiger partial charge in [-0.05, 0) is 81.4 Å². The number of thiophene rings is 1. The number of urea groups is 1. The molecule has 1 aliphatic carbocycles. The number of carbonyl (C=O) groups excluding carboxylic acids is 2. The topological polar surface area (TPSA) is 106 Å². The molecular weight excluding hydrogens is 569 g/mol. The third-order valence-corrected chi connectivity index (χ3v) is 8.81. The number of amides is 2. The fourth-order valence-electron chi connectivity index (χ4n) is 5.21. The molecule has 9 nitrogen and oxygen atoms in total. The van der Waals surface area contributed by atoms with Gasteiger partial charge in [-0.3, -0.25) is 19.7 Å². The number of nitrogens with one attached hydrogen (secondary N) is 2. The van der Waals surface area contributed by atoms with Crippen LogP contribution < -0.4 is 15.4 Å². The van der Waals surface area contributed by atoms with Gasteiger partial charge in [0, 0.05) is 49.2 Å². The van der Waals surface area contributed by atoms with Crippen LogP contribution in [-0.4, -0.2) is 52.6 Å². The number of hydrogen-bond acceptors (Lipinski definition) is 8. The molecular formula is C32H34FN5O4S. The minimum atomic E-state index is -0.577. The first-order valence-electron chi connectivity index (χ1n) is 14.7. The van der Waals surface area contributed by atoms with Gasteiger partial charge in [-0.1, -0.05) is 6.07 Å². The van der Waals surface area contributed by atoms with Gasteiger partial charge in [0.15, 0.2) is 11.6 Å². The maximum absolute atomic E-state index is 14.9. The molecule has 11 heteroatoms. The molecule has 0 unspecified atom stereocenters. The number of rotatable bonds is 10. The Morgan fingerprint density at radius 3 is 2.60 bits per heavy atom. The van der Waals surface area contributed by atoms with Gasteiger partial charge in [-0.2, -0.15) is 0 Å². The molecule has 6 rings (SSSR count). The summed E-state index contributed by atoms with van der Waals surface area (Å²) in [5, 5.41) is 5.47. The Hall–Kier alpha value is -4.09. The summed E-state index contributed by atoms with van der Waals surface area (Å²) in [6.45, 7) is 4.99. The smallest absolute Gasteiger partial charge is 0.319 e. The minimum absolute atomic E-state index is 0.0583. The highest BCUT2D eigenvalue weighted by molar-refractivity contribution is 7.22. The van der Waals surface area contributed by atoms with Gasteiger partial charge in [0.05, 0.1) is 27.4 Å². The van der Waals surface area contributed by atoms with E-state index < -0.39 is 5.82 Å². The Kier molecular flexibility index (Phi) is 8.80. The minimum Gasteiger partial charge on any atom is -0.466 e. The molecule has 0 spiro atoms. The van der Waals surface area contributed by atoms with Gasteiger partial charge in [0.2, 0.25) is 0 Å². The maximum Gasteiger partial charge on any atom is 0.319 e. The highest BCUT2D eigenvalue weighted by Gasteiger charge is 2.24. The van der Waals surface area contributed by atoms with Crippen molar-refractivity contribution in [3.05, 3.63) is 66.2 Å². The number of benzene rings is 1. The molecule has 3 aromatic heterocycles. The molecule has 2 amide bonds. The number of nitrogens with zero attached hydrogens (tertiary/aromatic N) is 3. The fourth-order valence-corrected chi connectivity index (χ4v) is 6.25. The summed E-state index contributed by atoms with van der Waals surface area (Å²) in [6, 6.07) is 12.0. The second-order valence-corrected chi connectivity index (χ2v) is 12.1. The molecule has 0 atom stereocenters. The normalized spacial score (nSPS) is 15.8. The maximum atomic E-state index is 14.9. The monoisotopic (exact) mass is 603 g/mol. The summed E-state index contributed by atoms with van der Waals surface area (Å²) in [4.78, 5) is 36.3. The van der Waals surface area contributed by atoms with Gasteiger partial charge in [-0.25, -0.2) is 9.18 Å². The zero-order valence-electron chi connectivity index (χ0n) is 24.0. The number of aromatic nitrogens is 2. The molecule has 4 heterocycles. The summed E-state index contributed by atoms with van der Waals surface area (Å²) < 4.78 is 26.7. The van der Waals surface area contributed by atoms with Crippen LogP contribution in [0, 0.1) is 11.7 Å². The van der Waals surface area contributed by atoms with Crippen molar-refractivity contribution in [1.82, 2.24) is 20.2 Å². The standard InChI is InChI=1S/C32H34FN5O4S/c1-2-41-30(39)15-20-10-13-38(14-11-20)19-21-3-7-25(35-18-21)29-17-26-31(43-29)28(9-12-34-26)42-27-8-6-23(16-24(27)33)37-32(40)36-22-4-5-22/h3,6-9,12,16-18,20,22H,2,4-5,10-11,13-15,19H2,1H3,(H2,36,37,40). The van der Waals surface area contributed by atoms with Crippen molar-refractivity contribution in [2.75, 3.05) is 25.0 Å². The second-order valence-electron chi connectivity index (χ2n) is 11.0. The van der Waals surface area contributed by atoms with Crippen LogP contribution in [0.5, 0.6) is 11.5 Å². The third kappa shape index (κ3) is 7.47. The highest BCUT2D eigenvalue weighted by Crippen LogP contribution is 2.39. The Labute approximate surface area is 253 Å². The number of ether oxygens (including phenoxy) is 2. The summed E-state index contributed by atoms with van der Waals surface area (Å²) >= 11 is 1.49. The van der Waals surface area contributed by atoms with Gasteiger partial charge in [0.25, 0.3) is 0 Å². The van der Waals surface area contributed by atoms with Gasteiger partial charge >= 0.3 is 12.0 Å². The fraction of sp³-hybridized carbons (Fsp3) is 0.375. The second kappa shape index (κ2) is 13.0. The number of pyridine rings is 2.